The van der Waals surface area contributed by atoms with Crippen LogP contribution in [0.25, 0.3) is 0 Å². The van der Waals surface area contributed by atoms with E-state index in [0.717, 1.165) is 5.92 Å². The second-order valence-electron chi connectivity index (χ2n) is 9.10. The maximum atomic E-state index is 12.7. The van der Waals surface area contributed by atoms with Crippen molar-refractivity contribution in [1.82, 2.24) is 10.0 Å². The van der Waals surface area contributed by atoms with Crippen molar-refractivity contribution in [3.05, 3.63) is 28.8 Å². The molecule has 1 aromatic carbocycles. The maximum Gasteiger partial charge on any atom is 0.251 e. The first kappa shape index (κ1) is 20.6. The summed E-state index contributed by atoms with van der Waals surface area (Å²) in [6.45, 7) is 7.32. The zero-order chi connectivity index (χ0) is 20.0. The highest BCUT2D eigenvalue weighted by Crippen LogP contribution is 2.49. The zero-order valence-electron chi connectivity index (χ0n) is 16.4. The molecule has 0 aliphatic heterocycles. The molecule has 3 rings (SSSR count). The van der Waals surface area contributed by atoms with Gasteiger partial charge in [0, 0.05) is 17.1 Å². The van der Waals surface area contributed by atoms with Gasteiger partial charge in [0.2, 0.25) is 10.0 Å². The molecule has 2 saturated carbocycles. The summed E-state index contributed by atoms with van der Waals surface area (Å²) >= 11 is 6.12. The largest absolute Gasteiger partial charge is 0.349 e. The Kier molecular flexibility index (Phi) is 5.63. The van der Waals surface area contributed by atoms with E-state index in [1.165, 1.54) is 37.8 Å². The van der Waals surface area contributed by atoms with Gasteiger partial charge < -0.3 is 5.32 Å². The van der Waals surface area contributed by atoms with Crippen LogP contribution < -0.4 is 10.0 Å². The Balaban J connectivity index is 1.76. The van der Waals surface area contributed by atoms with Crippen LogP contribution in [0, 0.1) is 17.8 Å². The van der Waals surface area contributed by atoms with Gasteiger partial charge in [0.1, 0.15) is 4.90 Å². The molecule has 150 valence electrons. The van der Waals surface area contributed by atoms with Crippen molar-refractivity contribution >= 4 is 27.5 Å². The SMILES string of the molecule is CC(NC(=O)c1ccc(Cl)c(S(=O)(=O)NC(C)(C)C)c1)C1CC2CCC1C2. The summed E-state index contributed by atoms with van der Waals surface area (Å²) < 4.78 is 27.8. The topological polar surface area (TPSA) is 75.3 Å². The fraction of sp³-hybridized carbons (Fsp3) is 0.650. The highest BCUT2D eigenvalue weighted by atomic mass is 35.5. The van der Waals surface area contributed by atoms with Crippen LogP contribution >= 0.6 is 11.6 Å². The van der Waals surface area contributed by atoms with Crippen LogP contribution in [0.3, 0.4) is 0 Å². The lowest BCUT2D eigenvalue weighted by molar-refractivity contribution is 0.0915. The number of halogens is 1. The van der Waals surface area contributed by atoms with Gasteiger partial charge in [0.05, 0.1) is 5.02 Å². The standard InChI is InChI=1S/C20H29ClN2O3S/c1-12(16-10-13-5-6-14(16)9-13)22-19(24)15-7-8-17(21)18(11-15)27(25,26)23-20(2,3)4/h7-8,11-14,16,23H,5-6,9-10H2,1-4H3,(H,22,24). The van der Waals surface area contributed by atoms with E-state index >= 15 is 0 Å². The molecule has 4 unspecified atom stereocenters. The molecule has 2 aliphatic rings. The number of hydrogen-bond acceptors (Lipinski definition) is 3. The fourth-order valence-electron chi connectivity index (χ4n) is 4.61. The summed E-state index contributed by atoms with van der Waals surface area (Å²) in [6, 6.07) is 4.48. The average Bonchev–Trinajstić information content (AvgIpc) is 3.15. The number of nitrogens with one attached hydrogen (secondary N) is 2. The van der Waals surface area contributed by atoms with E-state index in [2.05, 4.69) is 17.0 Å². The van der Waals surface area contributed by atoms with E-state index in [-0.39, 0.29) is 21.9 Å². The van der Waals surface area contributed by atoms with E-state index < -0.39 is 15.6 Å². The highest BCUT2D eigenvalue weighted by molar-refractivity contribution is 7.89. The third-order valence-corrected chi connectivity index (χ3v) is 7.96. The van der Waals surface area contributed by atoms with Gasteiger partial charge >= 0.3 is 0 Å². The molecule has 2 N–H and O–H groups in total. The first-order chi connectivity index (χ1) is 12.5. The van der Waals surface area contributed by atoms with Crippen molar-refractivity contribution in [3.8, 4) is 0 Å². The monoisotopic (exact) mass is 412 g/mol. The molecular weight excluding hydrogens is 384 g/mol. The van der Waals surface area contributed by atoms with E-state index in [0.29, 0.717) is 17.4 Å². The summed E-state index contributed by atoms with van der Waals surface area (Å²) in [4.78, 5) is 12.7. The quantitative estimate of drug-likeness (QED) is 0.768. The van der Waals surface area contributed by atoms with Crippen molar-refractivity contribution in [3.63, 3.8) is 0 Å². The summed E-state index contributed by atoms with van der Waals surface area (Å²) in [5, 5.41) is 3.17. The Labute approximate surface area is 167 Å². The first-order valence-electron chi connectivity index (χ1n) is 9.60. The molecule has 0 aromatic heterocycles. The Morgan fingerprint density at radius 2 is 1.93 bits per heavy atom. The Morgan fingerprint density at radius 3 is 2.48 bits per heavy atom. The molecule has 4 atom stereocenters. The van der Waals surface area contributed by atoms with Crippen LogP contribution in [0.15, 0.2) is 23.1 Å². The zero-order valence-corrected chi connectivity index (χ0v) is 18.0. The molecule has 27 heavy (non-hydrogen) atoms. The number of carbonyl (C=O) groups is 1. The number of amides is 1. The van der Waals surface area contributed by atoms with Crippen LogP contribution in [0.5, 0.6) is 0 Å². The lowest BCUT2D eigenvalue weighted by Gasteiger charge is -2.28. The first-order valence-corrected chi connectivity index (χ1v) is 11.5. The third-order valence-electron chi connectivity index (χ3n) is 5.72. The molecule has 2 bridgehead atoms. The third kappa shape index (κ3) is 4.66. The van der Waals surface area contributed by atoms with Gasteiger partial charge in [0.15, 0.2) is 0 Å². The Morgan fingerprint density at radius 1 is 1.22 bits per heavy atom. The number of fused-ring (bicyclic) bond motifs is 2. The second-order valence-corrected chi connectivity index (χ2v) is 11.2. The molecule has 1 aromatic rings. The number of sulfonamides is 1. The Hall–Kier alpha value is -1.11. The van der Waals surface area contributed by atoms with Gasteiger partial charge in [-0.15, -0.1) is 0 Å². The van der Waals surface area contributed by atoms with E-state index in [9.17, 15) is 13.2 Å². The van der Waals surface area contributed by atoms with Gasteiger partial charge in [-0.3, -0.25) is 4.79 Å². The molecule has 0 heterocycles. The van der Waals surface area contributed by atoms with Crippen LogP contribution in [0.2, 0.25) is 5.02 Å². The van der Waals surface area contributed by atoms with Crippen molar-refractivity contribution in [2.75, 3.05) is 0 Å². The van der Waals surface area contributed by atoms with Gasteiger partial charge in [-0.2, -0.15) is 0 Å². The Bertz CT molecular complexity index is 832. The van der Waals surface area contributed by atoms with E-state index in [4.69, 9.17) is 11.6 Å². The summed E-state index contributed by atoms with van der Waals surface area (Å²) in [6.07, 6.45) is 5.05. The van der Waals surface area contributed by atoms with Crippen LogP contribution in [-0.4, -0.2) is 25.9 Å². The van der Waals surface area contributed by atoms with Gasteiger partial charge in [-0.25, -0.2) is 13.1 Å². The second kappa shape index (κ2) is 7.37. The molecule has 1 amide bonds. The molecule has 0 spiro atoms. The van der Waals surface area contributed by atoms with Gasteiger partial charge in [-0.1, -0.05) is 18.0 Å². The predicted molar refractivity (Wildman–Crippen MR) is 107 cm³/mol. The molecule has 2 aliphatic carbocycles. The minimum atomic E-state index is -3.82. The number of hydrogen-bond donors (Lipinski definition) is 2. The summed E-state index contributed by atoms with van der Waals surface area (Å²) in [5.74, 6) is 1.79. The highest BCUT2D eigenvalue weighted by Gasteiger charge is 2.42. The minimum absolute atomic E-state index is 0.0701. The minimum Gasteiger partial charge on any atom is -0.349 e. The van der Waals surface area contributed by atoms with Crippen molar-refractivity contribution in [1.29, 1.82) is 0 Å². The van der Waals surface area contributed by atoms with Crippen molar-refractivity contribution in [2.45, 2.75) is 69.9 Å². The van der Waals surface area contributed by atoms with Crippen LogP contribution in [-0.2, 0) is 10.0 Å². The lowest BCUT2D eigenvalue weighted by atomic mass is 9.84. The molecule has 5 nitrogen and oxygen atoms in total. The predicted octanol–water partition coefficient (Wildman–Crippen LogP) is 3.97. The van der Waals surface area contributed by atoms with Crippen LogP contribution in [0.4, 0.5) is 0 Å². The summed E-state index contributed by atoms with van der Waals surface area (Å²) in [5.41, 5.74) is -0.333. The molecule has 0 saturated heterocycles. The fourth-order valence-corrected chi connectivity index (χ4v) is 6.56. The van der Waals surface area contributed by atoms with Gasteiger partial charge in [-0.05, 0) is 82.9 Å². The van der Waals surface area contributed by atoms with Crippen molar-refractivity contribution in [2.24, 2.45) is 17.8 Å². The average molecular weight is 413 g/mol. The molecule has 0 radical (unpaired) electrons. The molecular formula is C20H29ClN2O3S. The molecule has 7 heteroatoms. The number of carbonyl (C=O) groups excluding carboxylic acids is 1. The van der Waals surface area contributed by atoms with E-state index in [1.54, 1.807) is 26.8 Å². The number of benzene rings is 1. The number of rotatable bonds is 5. The van der Waals surface area contributed by atoms with Crippen molar-refractivity contribution < 1.29 is 13.2 Å². The molecule has 2 fully saturated rings. The van der Waals surface area contributed by atoms with Gasteiger partial charge in [0.25, 0.3) is 5.91 Å². The lowest BCUT2D eigenvalue weighted by Crippen LogP contribution is -2.41. The normalized spacial score (nSPS) is 26.2. The van der Waals surface area contributed by atoms with E-state index in [1.807, 2.05) is 0 Å². The van der Waals surface area contributed by atoms with Crippen LogP contribution in [0.1, 0.15) is 63.7 Å². The smallest absolute Gasteiger partial charge is 0.251 e. The summed E-state index contributed by atoms with van der Waals surface area (Å²) in [7, 11) is -3.82. The maximum absolute atomic E-state index is 12.7.